The van der Waals surface area contributed by atoms with E-state index in [0.717, 1.165) is 43.4 Å². The maximum atomic E-state index is 11.2. The second-order valence-electron chi connectivity index (χ2n) is 11.7. The van der Waals surface area contributed by atoms with Crippen molar-refractivity contribution in [2.75, 3.05) is 0 Å². The lowest BCUT2D eigenvalue weighted by molar-refractivity contribution is -0.141. The van der Waals surface area contributed by atoms with Crippen LogP contribution in [0.2, 0.25) is 0 Å². The summed E-state index contributed by atoms with van der Waals surface area (Å²) in [4.78, 5) is 11.2. The Morgan fingerprint density at radius 2 is 1.69 bits per heavy atom. The van der Waals surface area contributed by atoms with Crippen molar-refractivity contribution in [1.82, 2.24) is 0 Å². The largest absolute Gasteiger partial charge is 0.481 e. The smallest absolute Gasteiger partial charge is 0.306 e. The van der Waals surface area contributed by atoms with E-state index in [1.807, 2.05) is 6.92 Å². The molecule has 0 aliphatic heterocycles. The van der Waals surface area contributed by atoms with E-state index in [1.165, 1.54) is 32.1 Å². The molecule has 4 aliphatic rings. The van der Waals surface area contributed by atoms with Crippen molar-refractivity contribution in [3.05, 3.63) is 12.2 Å². The van der Waals surface area contributed by atoms with Gasteiger partial charge in [-0.2, -0.15) is 0 Å². The van der Waals surface area contributed by atoms with Gasteiger partial charge < -0.3 is 10.2 Å². The number of allylic oxidation sites excluding steroid dienone is 2. The molecule has 164 valence electrons. The zero-order valence-corrected chi connectivity index (χ0v) is 18.9. The second-order valence-corrected chi connectivity index (χ2v) is 11.7. The van der Waals surface area contributed by atoms with Crippen LogP contribution in [0, 0.1) is 52.3 Å². The van der Waals surface area contributed by atoms with Crippen molar-refractivity contribution in [3.63, 3.8) is 0 Å². The molecule has 3 heteroatoms. The zero-order chi connectivity index (χ0) is 21.0. The van der Waals surface area contributed by atoms with E-state index in [-0.39, 0.29) is 12.0 Å². The van der Waals surface area contributed by atoms with E-state index >= 15 is 0 Å². The van der Waals surface area contributed by atoms with Gasteiger partial charge in [0.05, 0.1) is 12.0 Å². The molecule has 2 N–H and O–H groups in total. The summed E-state index contributed by atoms with van der Waals surface area (Å²) < 4.78 is 0. The summed E-state index contributed by atoms with van der Waals surface area (Å²) in [5.74, 6) is 3.31. The molecule has 3 saturated carbocycles. The normalized spacial score (nSPS) is 48.3. The Kier molecular flexibility index (Phi) is 5.68. The van der Waals surface area contributed by atoms with Gasteiger partial charge in [0.15, 0.2) is 0 Å². The summed E-state index contributed by atoms with van der Waals surface area (Å²) >= 11 is 0. The van der Waals surface area contributed by atoms with Gasteiger partial charge >= 0.3 is 5.97 Å². The summed E-state index contributed by atoms with van der Waals surface area (Å²) in [6.45, 7) is 9.32. The Morgan fingerprint density at radius 1 is 1.00 bits per heavy atom. The number of carbonyl (C=O) groups is 1. The number of fused-ring (bicyclic) bond motifs is 5. The maximum Gasteiger partial charge on any atom is 0.306 e. The van der Waals surface area contributed by atoms with E-state index in [1.54, 1.807) is 0 Å². The van der Waals surface area contributed by atoms with Gasteiger partial charge in [0.2, 0.25) is 0 Å². The van der Waals surface area contributed by atoms with Crippen molar-refractivity contribution < 1.29 is 15.0 Å². The van der Waals surface area contributed by atoms with Crippen LogP contribution < -0.4 is 0 Å². The molecule has 10 atom stereocenters. The molecule has 0 bridgehead atoms. The molecule has 4 unspecified atom stereocenters. The van der Waals surface area contributed by atoms with Crippen LogP contribution in [0.1, 0.15) is 85.5 Å². The summed E-state index contributed by atoms with van der Waals surface area (Å²) in [6, 6.07) is 0. The van der Waals surface area contributed by atoms with Crippen LogP contribution in [0.4, 0.5) is 0 Å². The summed E-state index contributed by atoms with van der Waals surface area (Å²) in [5.41, 5.74) is 0.787. The monoisotopic (exact) mass is 402 g/mol. The van der Waals surface area contributed by atoms with Crippen LogP contribution in [-0.4, -0.2) is 22.3 Å². The molecule has 0 amide bonds. The van der Waals surface area contributed by atoms with Crippen LogP contribution in [0.25, 0.3) is 0 Å². The Bertz CT molecular complexity index is 656. The lowest BCUT2D eigenvalue weighted by atomic mass is 9.46. The van der Waals surface area contributed by atoms with Crippen LogP contribution in [0.15, 0.2) is 12.2 Å². The summed E-state index contributed by atoms with van der Waals surface area (Å²) in [7, 11) is 0. The Hall–Kier alpha value is -0.830. The van der Waals surface area contributed by atoms with E-state index in [0.29, 0.717) is 28.6 Å². The molecule has 0 saturated heterocycles. The molecule has 3 fully saturated rings. The third-order valence-electron chi connectivity index (χ3n) is 10.4. The van der Waals surface area contributed by atoms with Crippen LogP contribution in [0.3, 0.4) is 0 Å². The summed E-state index contributed by atoms with van der Waals surface area (Å²) in [6.07, 6.45) is 15.2. The molecule has 0 radical (unpaired) electrons. The number of hydrogen-bond acceptors (Lipinski definition) is 2. The van der Waals surface area contributed by atoms with Crippen molar-refractivity contribution in [2.45, 2.75) is 91.6 Å². The average Bonchev–Trinajstić information content (AvgIpc) is 3.03. The van der Waals surface area contributed by atoms with Crippen LogP contribution in [0.5, 0.6) is 0 Å². The minimum Gasteiger partial charge on any atom is -0.481 e. The highest BCUT2D eigenvalue weighted by Gasteiger charge is 2.59. The van der Waals surface area contributed by atoms with Crippen molar-refractivity contribution in [2.24, 2.45) is 52.3 Å². The molecule has 4 rings (SSSR count). The third kappa shape index (κ3) is 3.50. The van der Waals surface area contributed by atoms with E-state index in [9.17, 15) is 15.0 Å². The molecule has 0 aromatic rings. The van der Waals surface area contributed by atoms with Crippen molar-refractivity contribution in [1.29, 1.82) is 0 Å². The highest BCUT2D eigenvalue weighted by atomic mass is 16.4. The average molecular weight is 403 g/mol. The zero-order valence-electron chi connectivity index (χ0n) is 18.9. The highest BCUT2D eigenvalue weighted by Crippen LogP contribution is 2.67. The minimum atomic E-state index is -0.652. The molecular weight excluding hydrogens is 360 g/mol. The Labute approximate surface area is 177 Å². The Morgan fingerprint density at radius 3 is 2.41 bits per heavy atom. The van der Waals surface area contributed by atoms with Gasteiger partial charge in [0, 0.05) is 0 Å². The van der Waals surface area contributed by atoms with Gasteiger partial charge in [-0.3, -0.25) is 4.79 Å². The van der Waals surface area contributed by atoms with Crippen molar-refractivity contribution >= 4 is 5.97 Å². The molecular formula is C26H42O3. The van der Waals surface area contributed by atoms with Gasteiger partial charge in [0.1, 0.15) is 0 Å². The van der Waals surface area contributed by atoms with Gasteiger partial charge in [0.25, 0.3) is 0 Å². The Balaban J connectivity index is 1.50. The molecule has 0 heterocycles. The lowest BCUT2D eigenvalue weighted by Crippen LogP contribution is -2.52. The maximum absolute atomic E-state index is 11.2. The number of rotatable bonds is 5. The molecule has 3 nitrogen and oxygen atoms in total. The SMILES string of the molecule is C[C@H](CC[C@@H](C)[C@H]1CCC2C3C=CC4C[C@@H](O)CC[C@]4(C)C3CC[C@@]21C)C(=O)O. The first-order valence-corrected chi connectivity index (χ1v) is 12.3. The van der Waals surface area contributed by atoms with Crippen molar-refractivity contribution in [3.8, 4) is 0 Å². The highest BCUT2D eigenvalue weighted by molar-refractivity contribution is 5.69. The second kappa shape index (κ2) is 7.70. The van der Waals surface area contributed by atoms with Crippen LogP contribution in [-0.2, 0) is 4.79 Å². The standard InChI is InChI=1S/C26H42O3/c1-16(5-6-17(2)24(28)29)21-9-10-22-20-8-7-18-15-19(27)11-13-25(18,3)23(20)12-14-26(21,22)4/h7-8,16-23,27H,5-6,9-15H2,1-4H3,(H,28,29)/t16-,17-,18?,19+,20?,21-,22?,23?,25+,26-/m1/s1. The number of aliphatic hydroxyl groups excluding tert-OH is 1. The third-order valence-corrected chi connectivity index (χ3v) is 10.4. The topological polar surface area (TPSA) is 57.5 Å². The quantitative estimate of drug-likeness (QED) is 0.561. The molecule has 0 aromatic carbocycles. The van der Waals surface area contributed by atoms with Gasteiger partial charge in [-0.25, -0.2) is 0 Å². The number of carboxylic acids is 1. The number of hydrogen-bond donors (Lipinski definition) is 2. The predicted octanol–water partition coefficient (Wildman–Crippen LogP) is 5.92. The molecule has 0 spiro atoms. The van der Waals surface area contributed by atoms with Crippen LogP contribution >= 0.6 is 0 Å². The number of aliphatic carboxylic acids is 1. The van der Waals surface area contributed by atoms with E-state index in [2.05, 4.69) is 32.9 Å². The first kappa shape index (κ1) is 21.4. The minimum absolute atomic E-state index is 0.104. The lowest BCUT2D eigenvalue weighted by Gasteiger charge is -2.59. The summed E-state index contributed by atoms with van der Waals surface area (Å²) in [5, 5.41) is 19.4. The van der Waals surface area contributed by atoms with E-state index < -0.39 is 5.97 Å². The molecule has 0 aromatic heterocycles. The first-order chi connectivity index (χ1) is 13.7. The number of aliphatic hydroxyl groups is 1. The number of carboxylic acid groups (broad SMARTS) is 1. The van der Waals surface area contributed by atoms with Gasteiger partial charge in [-0.15, -0.1) is 0 Å². The fourth-order valence-corrected chi connectivity index (χ4v) is 8.41. The van der Waals surface area contributed by atoms with E-state index in [4.69, 9.17) is 0 Å². The molecule has 4 aliphatic carbocycles. The fraction of sp³-hybridized carbons (Fsp3) is 0.885. The van der Waals surface area contributed by atoms with Gasteiger partial charge in [-0.1, -0.05) is 39.8 Å². The molecule has 29 heavy (non-hydrogen) atoms. The predicted molar refractivity (Wildman–Crippen MR) is 116 cm³/mol. The first-order valence-electron chi connectivity index (χ1n) is 12.3. The fourth-order valence-electron chi connectivity index (χ4n) is 8.41. The van der Waals surface area contributed by atoms with Gasteiger partial charge in [-0.05, 0) is 104 Å².